The number of methoxy groups -OCH3 is 1. The lowest BCUT2D eigenvalue weighted by atomic mass is 9.84. The highest BCUT2D eigenvalue weighted by atomic mass is 16.5. The van der Waals surface area contributed by atoms with Crippen LogP contribution in [-0.2, 0) is 6.54 Å². The molecule has 0 unspecified atom stereocenters. The largest absolute Gasteiger partial charge is 0.497 e. The maximum Gasteiger partial charge on any atom is 0.221 e. The molecular weight excluding hydrogens is 488 g/mol. The molecule has 1 aliphatic heterocycles. The molecule has 3 heteroatoms. The van der Waals surface area contributed by atoms with E-state index in [1.54, 1.807) is 7.11 Å². The summed E-state index contributed by atoms with van der Waals surface area (Å²) < 4.78 is 7.72. The van der Waals surface area contributed by atoms with Gasteiger partial charge in [0, 0.05) is 24.3 Å². The minimum Gasteiger partial charge on any atom is -0.497 e. The van der Waals surface area contributed by atoms with Crippen LogP contribution in [0.25, 0.3) is 44.8 Å². The smallest absolute Gasteiger partial charge is 0.221 e. The molecule has 6 rings (SSSR count). The van der Waals surface area contributed by atoms with Gasteiger partial charge in [-0.05, 0) is 81.3 Å². The summed E-state index contributed by atoms with van der Waals surface area (Å²) in [7, 11) is 1.70. The Balaban J connectivity index is 1.45. The Labute approximate surface area is 236 Å². The fraction of sp³-hybridized carbons (Fsp3) is 0.135. The van der Waals surface area contributed by atoms with Gasteiger partial charge < -0.3 is 4.74 Å². The van der Waals surface area contributed by atoms with E-state index in [0.29, 0.717) is 0 Å². The van der Waals surface area contributed by atoms with Crippen LogP contribution in [0.15, 0.2) is 116 Å². The molecule has 0 saturated heterocycles. The molecular formula is C37H33N2O+. The fourth-order valence-corrected chi connectivity index (χ4v) is 5.58. The summed E-state index contributed by atoms with van der Waals surface area (Å²) in [5.41, 5.74) is 8.82. The molecule has 0 fully saturated rings. The predicted molar refractivity (Wildman–Crippen MR) is 168 cm³/mol. The van der Waals surface area contributed by atoms with E-state index >= 15 is 0 Å². The molecule has 0 saturated carbocycles. The topological polar surface area (TPSA) is 26.0 Å². The van der Waals surface area contributed by atoms with Crippen molar-refractivity contribution in [3.05, 3.63) is 138 Å². The van der Waals surface area contributed by atoms with Gasteiger partial charge >= 0.3 is 0 Å². The molecule has 0 amide bonds. The first-order valence-electron chi connectivity index (χ1n) is 13.8. The third-order valence-corrected chi connectivity index (χ3v) is 7.79. The summed E-state index contributed by atoms with van der Waals surface area (Å²) in [5, 5.41) is 4.80. The lowest BCUT2D eigenvalue weighted by Crippen LogP contribution is -2.41. The van der Waals surface area contributed by atoms with Crippen molar-refractivity contribution in [1.82, 2.24) is 4.98 Å². The normalized spacial score (nSPS) is 14.5. The maximum atomic E-state index is 5.37. The third-order valence-electron chi connectivity index (χ3n) is 7.79. The monoisotopic (exact) mass is 521 g/mol. The molecule has 3 nitrogen and oxygen atoms in total. The summed E-state index contributed by atoms with van der Waals surface area (Å²) in [6.07, 6.45) is 10.1. The highest BCUT2D eigenvalue weighted by molar-refractivity contribution is 6.07. The van der Waals surface area contributed by atoms with Crippen molar-refractivity contribution in [1.29, 1.82) is 0 Å². The molecule has 0 atom stereocenters. The molecule has 40 heavy (non-hydrogen) atoms. The SMILES string of the molecule is C=C(CC)/C(=C1\C(=C)CC[n+]2ccc3ccccc3c21)c1cc(/C=C/c2ccc3cc(OC)ccc3c2)ccn1. The Kier molecular flexibility index (Phi) is 6.88. The summed E-state index contributed by atoms with van der Waals surface area (Å²) in [6, 6.07) is 27.6. The first kappa shape index (κ1) is 25.5. The minimum atomic E-state index is 0.834. The second-order valence-electron chi connectivity index (χ2n) is 10.3. The number of pyridine rings is 2. The molecule has 1 aliphatic rings. The molecule has 5 aromatic rings. The molecule has 0 N–H and O–H groups in total. The molecule has 3 aromatic carbocycles. The standard InChI is InChI=1S/C37H33N2O/c1-5-25(2)35(36-26(3)17-20-39-21-18-29-8-6-7-9-33(29)37(36)39)34-23-28(16-19-38-34)11-10-27-12-13-31-24-32(40-4)15-14-30(31)22-27/h6-16,18-19,21-24H,2-3,5,17,20H2,1,4H3/q+1/b11-10+,36-35-. The van der Waals surface area contributed by atoms with E-state index in [1.165, 1.54) is 21.9 Å². The van der Waals surface area contributed by atoms with Crippen LogP contribution in [0.3, 0.4) is 0 Å². The van der Waals surface area contributed by atoms with Crippen LogP contribution in [0.4, 0.5) is 0 Å². The zero-order valence-electron chi connectivity index (χ0n) is 23.2. The van der Waals surface area contributed by atoms with Crippen molar-refractivity contribution in [3.63, 3.8) is 0 Å². The Hall–Kier alpha value is -4.76. The van der Waals surface area contributed by atoms with Gasteiger partial charge in [-0.1, -0.05) is 68.6 Å². The molecule has 2 aromatic heterocycles. The second kappa shape index (κ2) is 10.8. The number of hydrogen-bond donors (Lipinski definition) is 0. The summed E-state index contributed by atoms with van der Waals surface area (Å²) in [5.74, 6) is 0.869. The maximum absolute atomic E-state index is 5.37. The highest BCUT2D eigenvalue weighted by Crippen LogP contribution is 2.40. The number of hydrogen-bond acceptors (Lipinski definition) is 2. The van der Waals surface area contributed by atoms with Crippen LogP contribution in [-0.4, -0.2) is 12.1 Å². The van der Waals surface area contributed by atoms with E-state index in [1.807, 2.05) is 12.3 Å². The van der Waals surface area contributed by atoms with Crippen molar-refractivity contribution in [2.45, 2.75) is 26.3 Å². The van der Waals surface area contributed by atoms with Crippen LogP contribution in [0, 0.1) is 0 Å². The van der Waals surface area contributed by atoms with Crippen LogP contribution >= 0.6 is 0 Å². The zero-order chi connectivity index (χ0) is 27.6. The Bertz CT molecular complexity index is 1860. The summed E-state index contributed by atoms with van der Waals surface area (Å²) in [6.45, 7) is 12.1. The summed E-state index contributed by atoms with van der Waals surface area (Å²) in [4.78, 5) is 4.87. The summed E-state index contributed by atoms with van der Waals surface area (Å²) >= 11 is 0. The molecule has 0 aliphatic carbocycles. The van der Waals surface area contributed by atoms with Gasteiger partial charge in [0.1, 0.15) is 5.75 Å². The zero-order valence-corrected chi connectivity index (χ0v) is 23.2. The molecule has 0 bridgehead atoms. The number of nitrogens with zero attached hydrogens (tertiary/aromatic N) is 2. The Morgan fingerprint density at radius 1 is 0.925 bits per heavy atom. The van der Waals surface area contributed by atoms with E-state index in [2.05, 4.69) is 116 Å². The van der Waals surface area contributed by atoms with Crippen LogP contribution in [0.2, 0.25) is 0 Å². The van der Waals surface area contributed by atoms with Crippen molar-refractivity contribution in [2.75, 3.05) is 7.11 Å². The van der Waals surface area contributed by atoms with Gasteiger partial charge in [-0.15, -0.1) is 0 Å². The predicted octanol–water partition coefficient (Wildman–Crippen LogP) is 8.69. The number of aryl methyl sites for hydroxylation is 1. The minimum absolute atomic E-state index is 0.834. The molecule has 0 spiro atoms. The van der Waals surface area contributed by atoms with Crippen molar-refractivity contribution >= 4 is 44.8 Å². The van der Waals surface area contributed by atoms with Crippen LogP contribution in [0.1, 0.15) is 42.3 Å². The van der Waals surface area contributed by atoms with E-state index in [4.69, 9.17) is 9.72 Å². The number of aromatic nitrogens is 2. The molecule has 0 radical (unpaired) electrons. The van der Waals surface area contributed by atoms with Crippen molar-refractivity contribution < 1.29 is 9.30 Å². The van der Waals surface area contributed by atoms with Crippen molar-refractivity contribution in [2.24, 2.45) is 0 Å². The number of ether oxygens (including phenoxy) is 1. The lowest BCUT2D eigenvalue weighted by molar-refractivity contribution is -0.699. The average molecular weight is 522 g/mol. The van der Waals surface area contributed by atoms with Gasteiger partial charge in [0.25, 0.3) is 0 Å². The van der Waals surface area contributed by atoms with E-state index in [9.17, 15) is 0 Å². The van der Waals surface area contributed by atoms with Crippen molar-refractivity contribution in [3.8, 4) is 5.75 Å². The third kappa shape index (κ3) is 4.76. The second-order valence-corrected chi connectivity index (χ2v) is 10.3. The number of allylic oxidation sites excluding steroid dienone is 4. The first-order chi connectivity index (χ1) is 19.6. The van der Waals surface area contributed by atoms with Gasteiger partial charge in [-0.2, -0.15) is 4.57 Å². The molecule has 3 heterocycles. The van der Waals surface area contributed by atoms with Crippen LogP contribution in [0.5, 0.6) is 5.75 Å². The van der Waals surface area contributed by atoms with E-state index in [-0.39, 0.29) is 0 Å². The number of fused-ring (bicyclic) bond motifs is 4. The fourth-order valence-electron chi connectivity index (χ4n) is 5.58. The Morgan fingerprint density at radius 2 is 1.70 bits per heavy atom. The quantitative estimate of drug-likeness (QED) is 0.209. The van der Waals surface area contributed by atoms with Gasteiger partial charge in [-0.3, -0.25) is 4.98 Å². The Morgan fingerprint density at radius 3 is 2.52 bits per heavy atom. The molecule has 196 valence electrons. The van der Waals surface area contributed by atoms with E-state index < -0.39 is 0 Å². The van der Waals surface area contributed by atoms with E-state index in [0.717, 1.165) is 69.6 Å². The highest BCUT2D eigenvalue weighted by Gasteiger charge is 2.31. The van der Waals surface area contributed by atoms with Gasteiger partial charge in [-0.25, -0.2) is 0 Å². The average Bonchev–Trinajstić information content (AvgIpc) is 3.00. The first-order valence-corrected chi connectivity index (χ1v) is 13.8. The number of benzene rings is 3. The van der Waals surface area contributed by atoms with Gasteiger partial charge in [0.2, 0.25) is 5.69 Å². The van der Waals surface area contributed by atoms with Gasteiger partial charge in [0.05, 0.1) is 23.8 Å². The van der Waals surface area contributed by atoms with Crippen LogP contribution < -0.4 is 9.30 Å². The van der Waals surface area contributed by atoms with Gasteiger partial charge in [0.15, 0.2) is 12.7 Å². The number of rotatable bonds is 6. The lowest BCUT2D eigenvalue weighted by Gasteiger charge is -2.22.